The first-order valence-electron chi connectivity index (χ1n) is 14.7. The molecule has 4 aromatic rings. The van der Waals surface area contributed by atoms with Crippen molar-refractivity contribution >= 4 is 40.3 Å². The van der Waals surface area contributed by atoms with Crippen LogP contribution in [0.2, 0.25) is 10.0 Å². The first-order valence-corrected chi connectivity index (χ1v) is 15.4. The van der Waals surface area contributed by atoms with E-state index in [1.165, 1.54) is 40.9 Å². The quantitative estimate of drug-likeness (QED) is 0.228. The van der Waals surface area contributed by atoms with Gasteiger partial charge in [0.25, 0.3) is 0 Å². The third-order valence-electron chi connectivity index (χ3n) is 8.21. The molecule has 1 amide bonds. The van der Waals surface area contributed by atoms with Crippen molar-refractivity contribution in [3.63, 3.8) is 0 Å². The lowest BCUT2D eigenvalue weighted by Crippen LogP contribution is -2.41. The summed E-state index contributed by atoms with van der Waals surface area (Å²) in [5, 5.41) is 4.54. The summed E-state index contributed by atoms with van der Waals surface area (Å²) in [4.78, 5) is 17.5. The lowest BCUT2D eigenvalue weighted by atomic mass is 9.85. The van der Waals surface area contributed by atoms with Crippen LogP contribution >= 0.6 is 23.2 Å². The van der Waals surface area contributed by atoms with Gasteiger partial charge in [0.15, 0.2) is 0 Å². The zero-order chi connectivity index (χ0) is 28.7. The number of ether oxygens (including phenoxy) is 1. The third kappa shape index (κ3) is 6.42. The molecular weight excluding hydrogens is 553 g/mol. The molecule has 41 heavy (non-hydrogen) atoms. The summed E-state index contributed by atoms with van der Waals surface area (Å²) < 4.78 is 8.03. The number of halogens is 2. The molecule has 7 heteroatoms. The number of fused-ring (bicyclic) bond motifs is 1. The molecular formula is C34H37Cl2N3O2. The van der Waals surface area contributed by atoms with Gasteiger partial charge in [-0.1, -0.05) is 53.5 Å². The van der Waals surface area contributed by atoms with Crippen molar-refractivity contribution in [3.05, 3.63) is 99.3 Å². The minimum atomic E-state index is -0.496. The first-order chi connectivity index (χ1) is 19.6. The van der Waals surface area contributed by atoms with Gasteiger partial charge in [-0.25, -0.2) is 9.78 Å². The number of imidazole rings is 1. The molecule has 0 radical (unpaired) electrons. The summed E-state index contributed by atoms with van der Waals surface area (Å²) in [7, 11) is 0. The van der Waals surface area contributed by atoms with E-state index in [4.69, 9.17) is 32.9 Å². The number of carbonyl (C=O) groups is 1. The van der Waals surface area contributed by atoms with Crippen molar-refractivity contribution in [1.29, 1.82) is 0 Å². The molecule has 1 heterocycles. The van der Waals surface area contributed by atoms with E-state index in [-0.39, 0.29) is 18.1 Å². The van der Waals surface area contributed by atoms with Gasteiger partial charge in [0.05, 0.1) is 11.0 Å². The van der Waals surface area contributed by atoms with Crippen molar-refractivity contribution in [2.75, 3.05) is 0 Å². The van der Waals surface area contributed by atoms with Crippen LogP contribution in [-0.4, -0.2) is 27.3 Å². The topological polar surface area (TPSA) is 56.1 Å². The molecule has 0 unspecified atom stereocenters. The Balaban J connectivity index is 1.33. The molecule has 0 saturated heterocycles. The van der Waals surface area contributed by atoms with E-state index >= 15 is 0 Å². The molecule has 2 saturated carbocycles. The largest absolute Gasteiger partial charge is 0.444 e. The summed E-state index contributed by atoms with van der Waals surface area (Å²) in [5.74, 6) is 1.79. The average Bonchev–Trinajstić information content (AvgIpc) is 3.71. The van der Waals surface area contributed by atoms with Crippen molar-refractivity contribution < 1.29 is 9.53 Å². The van der Waals surface area contributed by atoms with Gasteiger partial charge in [-0.2, -0.15) is 0 Å². The van der Waals surface area contributed by atoms with Gasteiger partial charge in [-0.3, -0.25) is 0 Å². The SMILES string of the molecule is CC(C)(C)OC(=O)NC1CCC(n2c(C3CC3)nc3ccc(C(c4ccc(Cl)cc4)c4ccc(Cl)cc4)cc32)CC1. The third-order valence-corrected chi connectivity index (χ3v) is 8.71. The van der Waals surface area contributed by atoms with Crippen LogP contribution in [0.4, 0.5) is 4.79 Å². The Morgan fingerprint density at radius 2 is 1.41 bits per heavy atom. The summed E-state index contributed by atoms with van der Waals surface area (Å²) in [5.41, 5.74) is 5.32. The van der Waals surface area contributed by atoms with Crippen LogP contribution in [-0.2, 0) is 4.74 Å². The molecule has 5 nitrogen and oxygen atoms in total. The van der Waals surface area contributed by atoms with Crippen LogP contribution in [0.25, 0.3) is 11.0 Å². The smallest absolute Gasteiger partial charge is 0.407 e. The fourth-order valence-electron chi connectivity index (χ4n) is 6.16. The van der Waals surface area contributed by atoms with E-state index in [0.29, 0.717) is 12.0 Å². The highest BCUT2D eigenvalue weighted by Crippen LogP contribution is 2.45. The number of nitrogens with zero attached hydrogens (tertiary/aromatic N) is 2. The van der Waals surface area contributed by atoms with E-state index in [9.17, 15) is 4.79 Å². The van der Waals surface area contributed by atoms with E-state index in [1.807, 2.05) is 45.0 Å². The first kappa shape index (κ1) is 28.1. The Labute approximate surface area is 252 Å². The number of nitrogens with one attached hydrogen (secondary N) is 1. The van der Waals surface area contributed by atoms with Gasteiger partial charge in [0.1, 0.15) is 11.4 Å². The minimum absolute atomic E-state index is 0.0374. The van der Waals surface area contributed by atoms with Crippen LogP contribution in [0, 0.1) is 0 Å². The number of benzene rings is 3. The van der Waals surface area contributed by atoms with E-state index in [1.54, 1.807) is 0 Å². The summed E-state index contributed by atoms with van der Waals surface area (Å²) in [6.45, 7) is 5.68. The Morgan fingerprint density at radius 1 is 0.854 bits per heavy atom. The number of aromatic nitrogens is 2. The predicted octanol–water partition coefficient (Wildman–Crippen LogP) is 9.41. The molecule has 2 aliphatic rings. The van der Waals surface area contributed by atoms with Gasteiger partial charge in [-0.15, -0.1) is 0 Å². The summed E-state index contributed by atoms with van der Waals surface area (Å²) in [6, 6.07) is 23.5. The highest BCUT2D eigenvalue weighted by molar-refractivity contribution is 6.30. The second kappa shape index (κ2) is 11.3. The number of carbonyl (C=O) groups excluding carboxylic acids is 1. The number of hydrogen-bond acceptors (Lipinski definition) is 3. The zero-order valence-electron chi connectivity index (χ0n) is 23.9. The maximum atomic E-state index is 12.4. The van der Waals surface area contributed by atoms with E-state index in [2.05, 4.69) is 52.3 Å². The zero-order valence-corrected chi connectivity index (χ0v) is 25.4. The Hall–Kier alpha value is -3.02. The Bertz CT molecular complexity index is 1480. The predicted molar refractivity (Wildman–Crippen MR) is 166 cm³/mol. The molecule has 1 N–H and O–H groups in total. The molecule has 0 spiro atoms. The molecule has 2 fully saturated rings. The van der Waals surface area contributed by atoms with Crippen LogP contribution in [0.5, 0.6) is 0 Å². The van der Waals surface area contributed by atoms with Gasteiger partial charge >= 0.3 is 6.09 Å². The maximum absolute atomic E-state index is 12.4. The van der Waals surface area contributed by atoms with Crippen molar-refractivity contribution in [3.8, 4) is 0 Å². The highest BCUT2D eigenvalue weighted by Gasteiger charge is 2.34. The second-order valence-electron chi connectivity index (χ2n) is 12.6. The fourth-order valence-corrected chi connectivity index (χ4v) is 6.41. The molecule has 3 aromatic carbocycles. The van der Waals surface area contributed by atoms with Crippen LogP contribution in [0.3, 0.4) is 0 Å². The second-order valence-corrected chi connectivity index (χ2v) is 13.4. The number of alkyl carbamates (subject to hydrolysis) is 1. The van der Waals surface area contributed by atoms with Crippen LogP contribution < -0.4 is 5.32 Å². The van der Waals surface area contributed by atoms with Gasteiger partial charge in [-0.05, 0) is 112 Å². The van der Waals surface area contributed by atoms with Crippen molar-refractivity contribution in [2.45, 2.75) is 88.8 Å². The van der Waals surface area contributed by atoms with E-state index < -0.39 is 5.60 Å². The molecule has 6 rings (SSSR count). The molecule has 214 valence electrons. The monoisotopic (exact) mass is 589 g/mol. The maximum Gasteiger partial charge on any atom is 0.407 e. The lowest BCUT2D eigenvalue weighted by molar-refractivity contribution is 0.0488. The van der Waals surface area contributed by atoms with Gasteiger partial charge < -0.3 is 14.6 Å². The minimum Gasteiger partial charge on any atom is -0.444 e. The molecule has 0 aliphatic heterocycles. The Kier molecular flexibility index (Phi) is 7.78. The van der Waals surface area contributed by atoms with Crippen LogP contribution in [0.1, 0.15) is 99.7 Å². The molecule has 0 bridgehead atoms. The molecule has 0 atom stereocenters. The van der Waals surface area contributed by atoms with Crippen molar-refractivity contribution in [2.24, 2.45) is 0 Å². The number of amides is 1. The summed E-state index contributed by atoms with van der Waals surface area (Å²) >= 11 is 12.5. The fraction of sp³-hybridized carbons (Fsp3) is 0.412. The highest BCUT2D eigenvalue weighted by atomic mass is 35.5. The van der Waals surface area contributed by atoms with Crippen LogP contribution in [0.15, 0.2) is 66.7 Å². The molecule has 2 aliphatic carbocycles. The molecule has 1 aromatic heterocycles. The Morgan fingerprint density at radius 3 is 1.95 bits per heavy atom. The number of rotatable bonds is 6. The van der Waals surface area contributed by atoms with E-state index in [0.717, 1.165) is 41.2 Å². The standard InChI is InChI=1S/C34H37Cl2N3O2/c1-34(2,3)41-33(40)37-27-15-17-28(18-16-27)39-30-20-24(10-19-29(30)38-32(39)23-4-5-23)31(21-6-11-25(35)12-7-21)22-8-13-26(36)14-9-22/h6-14,19-20,23,27-28,31H,4-5,15-18H2,1-3H3,(H,37,40). The van der Waals surface area contributed by atoms with Crippen molar-refractivity contribution in [1.82, 2.24) is 14.9 Å². The normalized spacial score (nSPS) is 19.5. The number of hydrogen-bond donors (Lipinski definition) is 1. The summed E-state index contributed by atoms with van der Waals surface area (Å²) in [6.07, 6.45) is 5.90. The lowest BCUT2D eigenvalue weighted by Gasteiger charge is -2.32. The van der Waals surface area contributed by atoms with Gasteiger partial charge in [0.2, 0.25) is 0 Å². The van der Waals surface area contributed by atoms with Gasteiger partial charge in [0, 0.05) is 34.0 Å². The average molecular weight is 591 g/mol.